The second-order valence-corrected chi connectivity index (χ2v) is 16.4. The first-order valence-electron chi connectivity index (χ1n) is 20.7. The minimum atomic E-state index is -0.169. The molecule has 0 radical (unpaired) electrons. The number of para-hydroxylation sites is 3. The minimum Gasteiger partial charge on any atom is -0.456 e. The molecule has 0 aliphatic heterocycles. The molecule has 12 rings (SSSR count). The third kappa shape index (κ3) is 5.15. The van der Waals surface area contributed by atoms with Crippen LogP contribution in [0.3, 0.4) is 0 Å². The van der Waals surface area contributed by atoms with Gasteiger partial charge in [0.25, 0.3) is 0 Å². The van der Waals surface area contributed by atoms with Crippen molar-refractivity contribution in [3.8, 4) is 44.5 Å². The first-order valence-corrected chi connectivity index (χ1v) is 20.7. The van der Waals surface area contributed by atoms with Gasteiger partial charge in [-0.25, -0.2) is 0 Å². The maximum Gasteiger partial charge on any atom is 0.159 e. The number of hydrogen-bond acceptors (Lipinski definition) is 3. The second kappa shape index (κ2) is 13.2. The van der Waals surface area contributed by atoms with Crippen molar-refractivity contribution in [1.29, 1.82) is 0 Å². The number of furan rings is 2. The molecule has 9 aromatic carbocycles. The van der Waals surface area contributed by atoms with Crippen LogP contribution in [0.25, 0.3) is 88.4 Å². The van der Waals surface area contributed by atoms with Gasteiger partial charge in [-0.3, -0.25) is 0 Å². The van der Waals surface area contributed by atoms with Crippen LogP contribution in [-0.4, -0.2) is 0 Å². The van der Waals surface area contributed by atoms with Crippen LogP contribution >= 0.6 is 0 Å². The first-order chi connectivity index (χ1) is 29.5. The Hall–Kier alpha value is -7.62. The number of anilines is 3. The average molecular weight is 770 g/mol. The van der Waals surface area contributed by atoms with Crippen molar-refractivity contribution in [3.63, 3.8) is 0 Å². The smallest absolute Gasteiger partial charge is 0.159 e. The molecular formula is C57H39NO2. The number of nitrogens with zero attached hydrogens (tertiary/aromatic N) is 1. The number of benzene rings is 9. The van der Waals surface area contributed by atoms with Crippen LogP contribution in [0.1, 0.15) is 25.0 Å². The molecule has 0 saturated carbocycles. The Labute approximate surface area is 348 Å². The van der Waals surface area contributed by atoms with Crippen molar-refractivity contribution in [3.05, 3.63) is 211 Å². The van der Waals surface area contributed by atoms with Gasteiger partial charge in [-0.1, -0.05) is 172 Å². The SMILES string of the molecule is CC1(C)c2ccccc2-c2ccc(N(c3ccccc3-c3ccccc3)c3cccc4c3oc3c(-c5cccc(-c6ccccc6)c5)c5c(cc34)oc3ccccc35)cc21. The molecule has 0 unspecified atom stereocenters. The van der Waals surface area contributed by atoms with E-state index < -0.39 is 0 Å². The topological polar surface area (TPSA) is 29.5 Å². The molecule has 284 valence electrons. The lowest BCUT2D eigenvalue weighted by molar-refractivity contribution is 0.660. The van der Waals surface area contributed by atoms with Crippen molar-refractivity contribution in [2.75, 3.05) is 4.90 Å². The summed E-state index contributed by atoms with van der Waals surface area (Å²) in [5.41, 5.74) is 18.2. The van der Waals surface area contributed by atoms with E-state index in [1.807, 2.05) is 6.07 Å². The fourth-order valence-electron chi connectivity index (χ4n) is 9.83. The van der Waals surface area contributed by atoms with Gasteiger partial charge in [0.2, 0.25) is 0 Å². The Bertz CT molecular complexity index is 3460. The van der Waals surface area contributed by atoms with Gasteiger partial charge >= 0.3 is 0 Å². The van der Waals surface area contributed by atoms with E-state index in [2.05, 4.69) is 213 Å². The molecule has 0 bridgehead atoms. The molecule has 60 heavy (non-hydrogen) atoms. The number of rotatable bonds is 6. The number of hydrogen-bond donors (Lipinski definition) is 0. The van der Waals surface area contributed by atoms with Crippen molar-refractivity contribution in [1.82, 2.24) is 0 Å². The van der Waals surface area contributed by atoms with Gasteiger partial charge in [-0.05, 0) is 87.0 Å². The Kier molecular flexibility index (Phi) is 7.58. The second-order valence-electron chi connectivity index (χ2n) is 16.4. The van der Waals surface area contributed by atoms with Gasteiger partial charge in [-0.15, -0.1) is 0 Å². The lowest BCUT2D eigenvalue weighted by Crippen LogP contribution is -2.17. The summed E-state index contributed by atoms with van der Waals surface area (Å²) in [6.45, 7) is 4.69. The van der Waals surface area contributed by atoms with Crippen LogP contribution in [0.4, 0.5) is 17.1 Å². The van der Waals surface area contributed by atoms with Crippen molar-refractivity contribution in [2.24, 2.45) is 0 Å². The molecule has 0 amide bonds. The Morgan fingerprint density at radius 1 is 0.383 bits per heavy atom. The monoisotopic (exact) mass is 769 g/mol. The Morgan fingerprint density at radius 2 is 1.02 bits per heavy atom. The van der Waals surface area contributed by atoms with Gasteiger partial charge in [0.15, 0.2) is 5.58 Å². The zero-order chi connectivity index (χ0) is 40.0. The summed E-state index contributed by atoms with van der Waals surface area (Å²) in [4.78, 5) is 2.40. The van der Waals surface area contributed by atoms with E-state index in [1.54, 1.807) is 0 Å². The minimum absolute atomic E-state index is 0.169. The highest BCUT2D eigenvalue weighted by atomic mass is 16.3. The zero-order valence-electron chi connectivity index (χ0n) is 33.3. The highest BCUT2D eigenvalue weighted by molar-refractivity contribution is 6.24. The molecule has 1 aliphatic rings. The lowest BCUT2D eigenvalue weighted by Gasteiger charge is -2.29. The Balaban J connectivity index is 1.15. The van der Waals surface area contributed by atoms with Crippen LogP contribution in [0.15, 0.2) is 209 Å². The molecule has 2 heterocycles. The van der Waals surface area contributed by atoms with Gasteiger partial charge < -0.3 is 13.7 Å². The Morgan fingerprint density at radius 3 is 1.87 bits per heavy atom. The third-order valence-electron chi connectivity index (χ3n) is 12.7. The first kappa shape index (κ1) is 34.4. The van der Waals surface area contributed by atoms with Crippen LogP contribution in [0.2, 0.25) is 0 Å². The maximum absolute atomic E-state index is 7.41. The van der Waals surface area contributed by atoms with Crippen LogP contribution < -0.4 is 4.90 Å². The molecule has 1 aliphatic carbocycles. The van der Waals surface area contributed by atoms with Crippen LogP contribution in [0.5, 0.6) is 0 Å². The van der Waals surface area contributed by atoms with E-state index in [9.17, 15) is 0 Å². The van der Waals surface area contributed by atoms with E-state index in [4.69, 9.17) is 8.83 Å². The van der Waals surface area contributed by atoms with Crippen molar-refractivity contribution >= 4 is 60.9 Å². The molecule has 0 spiro atoms. The molecule has 3 nitrogen and oxygen atoms in total. The maximum atomic E-state index is 7.41. The predicted molar refractivity (Wildman–Crippen MR) is 250 cm³/mol. The molecule has 0 fully saturated rings. The number of fused-ring (bicyclic) bond motifs is 9. The van der Waals surface area contributed by atoms with Crippen LogP contribution in [-0.2, 0) is 5.41 Å². The van der Waals surface area contributed by atoms with Crippen molar-refractivity contribution < 1.29 is 8.83 Å². The fraction of sp³-hybridized carbons (Fsp3) is 0.0526. The van der Waals surface area contributed by atoms with E-state index in [-0.39, 0.29) is 5.41 Å². The van der Waals surface area contributed by atoms with E-state index in [0.717, 1.165) is 88.8 Å². The summed E-state index contributed by atoms with van der Waals surface area (Å²) in [6.07, 6.45) is 0. The molecule has 2 aromatic heterocycles. The highest BCUT2D eigenvalue weighted by Crippen LogP contribution is 2.53. The van der Waals surface area contributed by atoms with Crippen molar-refractivity contribution in [2.45, 2.75) is 19.3 Å². The van der Waals surface area contributed by atoms with Gasteiger partial charge in [-0.2, -0.15) is 0 Å². The summed E-state index contributed by atoms with van der Waals surface area (Å²) in [5, 5.41) is 4.16. The summed E-state index contributed by atoms with van der Waals surface area (Å²) < 4.78 is 14.1. The highest BCUT2D eigenvalue weighted by Gasteiger charge is 2.36. The largest absolute Gasteiger partial charge is 0.456 e. The zero-order valence-corrected chi connectivity index (χ0v) is 33.3. The molecule has 11 aromatic rings. The normalized spacial score (nSPS) is 13.0. The van der Waals surface area contributed by atoms with Gasteiger partial charge in [0.05, 0.1) is 11.4 Å². The summed E-state index contributed by atoms with van der Waals surface area (Å²) in [7, 11) is 0. The average Bonchev–Trinajstić information content (AvgIpc) is 3.94. The standard InChI is InChI=1S/C57H39NO2/c1-57(2)47-27-12-9-24-42(47)43-32-31-40(34-48(43)57)58(49-28-13-10-23-41(49)37-19-7-4-8-20-37)50-29-16-26-44-46-35-52-54(45-25-11-14-30-51(45)59-52)53(56(46)60-55(44)50)39-22-15-21-38(33-39)36-17-5-3-6-18-36/h3-35H,1-2H3. The molecule has 0 N–H and O–H groups in total. The molecular weight excluding hydrogens is 731 g/mol. The summed E-state index contributed by atoms with van der Waals surface area (Å²) in [6, 6.07) is 71.7. The van der Waals surface area contributed by atoms with Crippen LogP contribution in [0, 0.1) is 0 Å². The lowest BCUT2D eigenvalue weighted by atomic mass is 9.82. The van der Waals surface area contributed by atoms with E-state index >= 15 is 0 Å². The van der Waals surface area contributed by atoms with E-state index in [0.29, 0.717) is 0 Å². The third-order valence-corrected chi connectivity index (χ3v) is 12.7. The van der Waals surface area contributed by atoms with Gasteiger partial charge in [0, 0.05) is 43.8 Å². The quantitative estimate of drug-likeness (QED) is 0.169. The summed E-state index contributed by atoms with van der Waals surface area (Å²) >= 11 is 0. The van der Waals surface area contributed by atoms with E-state index in [1.165, 1.54) is 27.8 Å². The fourth-order valence-corrected chi connectivity index (χ4v) is 9.83. The molecule has 3 heteroatoms. The predicted octanol–water partition coefficient (Wildman–Crippen LogP) is 16.3. The molecule has 0 atom stereocenters. The van der Waals surface area contributed by atoms with Gasteiger partial charge in [0.1, 0.15) is 16.7 Å². The summed E-state index contributed by atoms with van der Waals surface area (Å²) in [5.74, 6) is 0. The molecule has 0 saturated heterocycles.